The monoisotopic (exact) mass is 318 g/mol. The van der Waals surface area contributed by atoms with Gasteiger partial charge in [0.25, 0.3) is 0 Å². The first kappa shape index (κ1) is 15.1. The number of H-pyrrole nitrogens is 1. The van der Waals surface area contributed by atoms with Crippen molar-refractivity contribution in [1.29, 1.82) is 0 Å². The Bertz CT molecular complexity index is 807. The van der Waals surface area contributed by atoms with Crippen molar-refractivity contribution in [2.24, 2.45) is 0 Å². The largest absolute Gasteiger partial charge is 0.416 e. The average Bonchev–Trinajstić information content (AvgIpc) is 2.97. The van der Waals surface area contributed by atoms with Crippen molar-refractivity contribution >= 4 is 5.69 Å². The van der Waals surface area contributed by atoms with Crippen LogP contribution in [0.1, 0.15) is 17.0 Å². The minimum Gasteiger partial charge on any atom is -0.399 e. The highest BCUT2D eigenvalue weighted by molar-refractivity contribution is 5.56. The number of anilines is 1. The van der Waals surface area contributed by atoms with Crippen LogP contribution in [0.4, 0.5) is 18.9 Å². The molecular formula is C16H13F3N4. The highest BCUT2D eigenvalue weighted by atomic mass is 19.4. The van der Waals surface area contributed by atoms with Crippen molar-refractivity contribution in [3.05, 3.63) is 65.5 Å². The highest BCUT2D eigenvalue weighted by Crippen LogP contribution is 2.31. The maximum atomic E-state index is 12.8. The van der Waals surface area contributed by atoms with Crippen LogP contribution in [0.5, 0.6) is 0 Å². The van der Waals surface area contributed by atoms with E-state index in [2.05, 4.69) is 15.2 Å². The Morgan fingerprint density at radius 2 is 1.78 bits per heavy atom. The lowest BCUT2D eigenvalue weighted by atomic mass is 10.1. The summed E-state index contributed by atoms with van der Waals surface area (Å²) in [6.45, 7) is 0. The van der Waals surface area contributed by atoms with E-state index in [4.69, 9.17) is 5.73 Å². The molecule has 118 valence electrons. The average molecular weight is 318 g/mol. The Kier molecular flexibility index (Phi) is 3.77. The van der Waals surface area contributed by atoms with Crippen molar-refractivity contribution < 1.29 is 13.2 Å². The van der Waals surface area contributed by atoms with E-state index in [-0.39, 0.29) is 5.82 Å². The summed E-state index contributed by atoms with van der Waals surface area (Å²) in [5.74, 6) is 0.809. The molecule has 1 heterocycles. The second kappa shape index (κ2) is 5.75. The molecule has 4 nitrogen and oxygen atoms in total. The van der Waals surface area contributed by atoms with Gasteiger partial charge >= 0.3 is 6.18 Å². The first-order valence-electron chi connectivity index (χ1n) is 6.85. The zero-order valence-electron chi connectivity index (χ0n) is 11.9. The molecule has 0 atom stereocenters. The zero-order valence-corrected chi connectivity index (χ0v) is 11.9. The van der Waals surface area contributed by atoms with E-state index in [0.29, 0.717) is 23.5 Å². The number of hydrogen-bond acceptors (Lipinski definition) is 3. The van der Waals surface area contributed by atoms with E-state index in [1.165, 1.54) is 6.07 Å². The molecule has 23 heavy (non-hydrogen) atoms. The summed E-state index contributed by atoms with van der Waals surface area (Å²) in [5.41, 5.74) is 6.86. The molecule has 7 heteroatoms. The van der Waals surface area contributed by atoms with Gasteiger partial charge in [0, 0.05) is 17.7 Å². The molecule has 0 aliphatic rings. The summed E-state index contributed by atoms with van der Waals surface area (Å²) in [6.07, 6.45) is -3.90. The molecule has 0 unspecified atom stereocenters. The van der Waals surface area contributed by atoms with Crippen LogP contribution in [-0.4, -0.2) is 15.2 Å². The number of hydrogen-bond donors (Lipinski definition) is 2. The van der Waals surface area contributed by atoms with E-state index in [1.807, 2.05) is 12.1 Å². The second-order valence-corrected chi connectivity index (χ2v) is 5.10. The molecule has 0 radical (unpaired) electrons. The third kappa shape index (κ3) is 3.50. The lowest BCUT2D eigenvalue weighted by Crippen LogP contribution is -2.04. The molecule has 3 rings (SSSR count). The van der Waals surface area contributed by atoms with E-state index in [0.717, 1.165) is 17.7 Å². The molecule has 0 saturated heterocycles. The number of nitrogen functional groups attached to an aromatic ring is 1. The molecule has 0 aliphatic carbocycles. The minimum atomic E-state index is -4.39. The molecule has 0 saturated carbocycles. The standard InChI is InChI=1S/C16H13F3N4/c17-16(18,19)12-3-1-2-11(9-12)15-21-14(22-23-15)8-10-4-6-13(20)7-5-10/h1-7,9H,8,20H2,(H,21,22,23). The van der Waals surface area contributed by atoms with Gasteiger partial charge in [0.2, 0.25) is 0 Å². The van der Waals surface area contributed by atoms with E-state index < -0.39 is 11.7 Å². The third-order valence-electron chi connectivity index (χ3n) is 3.33. The van der Waals surface area contributed by atoms with Crippen LogP contribution in [0.3, 0.4) is 0 Å². The minimum absolute atomic E-state index is 0.238. The van der Waals surface area contributed by atoms with Gasteiger partial charge in [-0.1, -0.05) is 24.3 Å². The summed E-state index contributed by atoms with van der Waals surface area (Å²) in [7, 11) is 0. The fourth-order valence-corrected chi connectivity index (χ4v) is 2.17. The van der Waals surface area contributed by atoms with Crippen LogP contribution in [-0.2, 0) is 12.6 Å². The molecule has 0 fully saturated rings. The molecule has 1 aromatic heterocycles. The number of aromatic nitrogens is 3. The van der Waals surface area contributed by atoms with Crippen LogP contribution in [0.25, 0.3) is 11.4 Å². The molecular weight excluding hydrogens is 305 g/mol. The predicted molar refractivity (Wildman–Crippen MR) is 80.5 cm³/mol. The Morgan fingerprint density at radius 3 is 2.48 bits per heavy atom. The van der Waals surface area contributed by atoms with Gasteiger partial charge in [0.1, 0.15) is 5.82 Å². The summed E-state index contributed by atoms with van der Waals surface area (Å²) >= 11 is 0. The van der Waals surface area contributed by atoms with Gasteiger partial charge in [-0.2, -0.15) is 18.3 Å². The quantitative estimate of drug-likeness (QED) is 0.724. The highest BCUT2D eigenvalue weighted by Gasteiger charge is 2.30. The van der Waals surface area contributed by atoms with Crippen LogP contribution in [0.15, 0.2) is 48.5 Å². The molecule has 0 amide bonds. The van der Waals surface area contributed by atoms with Gasteiger partial charge in [0.05, 0.1) is 5.56 Å². The van der Waals surface area contributed by atoms with Crippen LogP contribution in [0, 0.1) is 0 Å². The van der Waals surface area contributed by atoms with E-state index >= 15 is 0 Å². The smallest absolute Gasteiger partial charge is 0.399 e. The first-order chi connectivity index (χ1) is 10.9. The van der Waals surface area contributed by atoms with Crippen LogP contribution < -0.4 is 5.73 Å². The number of rotatable bonds is 3. The maximum absolute atomic E-state index is 12.8. The Labute approximate surface area is 130 Å². The zero-order chi connectivity index (χ0) is 16.4. The van der Waals surface area contributed by atoms with Gasteiger partial charge < -0.3 is 5.73 Å². The van der Waals surface area contributed by atoms with Gasteiger partial charge in [-0.15, -0.1) is 0 Å². The maximum Gasteiger partial charge on any atom is 0.416 e. The molecule has 2 aromatic carbocycles. The number of nitrogens with two attached hydrogens (primary N) is 1. The van der Waals surface area contributed by atoms with Crippen LogP contribution in [0.2, 0.25) is 0 Å². The number of aromatic amines is 1. The summed E-state index contributed by atoms with van der Waals surface area (Å²) in [6, 6.07) is 12.2. The number of nitrogens with zero attached hydrogens (tertiary/aromatic N) is 2. The fourth-order valence-electron chi connectivity index (χ4n) is 2.17. The van der Waals surface area contributed by atoms with Crippen molar-refractivity contribution in [2.75, 3.05) is 5.73 Å². The SMILES string of the molecule is Nc1ccc(Cc2nc(-c3cccc(C(F)(F)F)c3)n[nH]2)cc1. The number of alkyl halides is 3. The lowest BCUT2D eigenvalue weighted by Gasteiger charge is -2.06. The van der Waals surface area contributed by atoms with Gasteiger partial charge in [0.15, 0.2) is 5.82 Å². The molecule has 0 aliphatic heterocycles. The Balaban J connectivity index is 1.83. The van der Waals surface area contributed by atoms with E-state index in [1.54, 1.807) is 18.2 Å². The Morgan fingerprint density at radius 1 is 1.04 bits per heavy atom. The lowest BCUT2D eigenvalue weighted by molar-refractivity contribution is -0.137. The molecule has 0 spiro atoms. The number of nitrogens with one attached hydrogen (secondary N) is 1. The number of halogens is 3. The van der Waals surface area contributed by atoms with E-state index in [9.17, 15) is 13.2 Å². The van der Waals surface area contributed by atoms with Crippen LogP contribution >= 0.6 is 0 Å². The van der Waals surface area contributed by atoms with Gasteiger partial charge in [-0.05, 0) is 29.8 Å². The number of benzene rings is 2. The predicted octanol–water partition coefficient (Wildman–Crippen LogP) is 3.66. The van der Waals surface area contributed by atoms with Gasteiger partial charge in [-0.25, -0.2) is 4.98 Å². The molecule has 0 bridgehead atoms. The Hall–Kier alpha value is -2.83. The topological polar surface area (TPSA) is 67.6 Å². The summed E-state index contributed by atoms with van der Waals surface area (Å²) in [5, 5.41) is 6.75. The van der Waals surface area contributed by atoms with Gasteiger partial charge in [-0.3, -0.25) is 5.10 Å². The van der Waals surface area contributed by atoms with Crippen molar-refractivity contribution in [3.8, 4) is 11.4 Å². The third-order valence-corrected chi connectivity index (χ3v) is 3.33. The fraction of sp³-hybridized carbons (Fsp3) is 0.125. The second-order valence-electron chi connectivity index (χ2n) is 5.10. The van der Waals surface area contributed by atoms with Crippen molar-refractivity contribution in [1.82, 2.24) is 15.2 Å². The first-order valence-corrected chi connectivity index (χ1v) is 6.85. The van der Waals surface area contributed by atoms with Crippen molar-refractivity contribution in [2.45, 2.75) is 12.6 Å². The molecule has 3 N–H and O–H groups in total. The summed E-state index contributed by atoms with van der Waals surface area (Å²) in [4.78, 5) is 4.26. The summed E-state index contributed by atoms with van der Waals surface area (Å²) < 4.78 is 38.3. The normalized spacial score (nSPS) is 11.6. The van der Waals surface area contributed by atoms with Crippen molar-refractivity contribution in [3.63, 3.8) is 0 Å². The molecule has 3 aromatic rings.